The molecule has 10 nitrogen and oxygen atoms in total. The van der Waals surface area contributed by atoms with E-state index < -0.39 is 42.9 Å². The van der Waals surface area contributed by atoms with E-state index in [-0.39, 0.29) is 42.4 Å². The number of hydrogen-bond donors (Lipinski definition) is 3. The van der Waals surface area contributed by atoms with E-state index in [1.165, 1.54) is 18.5 Å². The predicted octanol–water partition coefficient (Wildman–Crippen LogP) is 6.42. The Morgan fingerprint density at radius 3 is 2.62 bits per heavy atom. The Morgan fingerprint density at radius 2 is 1.89 bits per heavy atom. The van der Waals surface area contributed by atoms with Crippen LogP contribution in [0, 0.1) is 12.7 Å². The molecule has 1 amide bonds. The molecule has 2 unspecified atom stereocenters. The number of carbonyl (C=O) groups is 1. The smallest absolute Gasteiger partial charge is 0.416 e. The van der Waals surface area contributed by atoms with Crippen molar-refractivity contribution >= 4 is 28.5 Å². The standard InChI is InChI=1S/C30H29F5N6O4/c1-16-5-6-19-20(7-8-22(32)25(19)38-13-24(44-2)30(33,34)35)26(16)45-27-21(4-3-10-36-27)23-9-11-37-28(40-23)39-18-12-17(31)14-41(15-18)29(42)43/h3-11,17-18,24,38H,12-15H2,1-2H3,(H,42,43)(H,37,39,40)/t17?,18?,24-/m0/s1. The summed E-state index contributed by atoms with van der Waals surface area (Å²) >= 11 is 0. The van der Waals surface area contributed by atoms with Gasteiger partial charge in [-0.15, -0.1) is 0 Å². The van der Waals surface area contributed by atoms with Crippen molar-refractivity contribution in [1.29, 1.82) is 0 Å². The fourth-order valence-electron chi connectivity index (χ4n) is 5.13. The molecule has 0 spiro atoms. The van der Waals surface area contributed by atoms with Gasteiger partial charge in [0, 0.05) is 49.3 Å². The summed E-state index contributed by atoms with van der Waals surface area (Å²) in [5.41, 5.74) is 1.35. The molecule has 1 fully saturated rings. The molecule has 0 saturated carbocycles. The van der Waals surface area contributed by atoms with E-state index in [1.807, 2.05) is 0 Å². The molecule has 45 heavy (non-hydrogen) atoms. The zero-order valence-electron chi connectivity index (χ0n) is 24.1. The second-order valence-electron chi connectivity index (χ2n) is 10.5. The summed E-state index contributed by atoms with van der Waals surface area (Å²) in [5.74, 6) is -0.177. The van der Waals surface area contributed by atoms with Crippen LogP contribution in [0.2, 0.25) is 0 Å². The normalized spacial score (nSPS) is 17.6. The number of piperidine rings is 1. The molecule has 1 aliphatic rings. The Hall–Kier alpha value is -4.79. The van der Waals surface area contributed by atoms with E-state index >= 15 is 0 Å². The number of benzene rings is 2. The van der Waals surface area contributed by atoms with Crippen molar-refractivity contribution in [3.8, 4) is 22.9 Å². The van der Waals surface area contributed by atoms with Gasteiger partial charge in [0.2, 0.25) is 11.8 Å². The average Bonchev–Trinajstić information content (AvgIpc) is 2.99. The highest BCUT2D eigenvalue weighted by atomic mass is 19.4. The highest BCUT2D eigenvalue weighted by Gasteiger charge is 2.40. The van der Waals surface area contributed by atoms with E-state index in [0.717, 1.165) is 18.1 Å². The number of pyridine rings is 1. The zero-order chi connectivity index (χ0) is 32.3. The topological polar surface area (TPSA) is 122 Å². The van der Waals surface area contributed by atoms with Crippen LogP contribution in [-0.4, -0.2) is 82.3 Å². The Morgan fingerprint density at radius 1 is 1.11 bits per heavy atom. The van der Waals surface area contributed by atoms with Crippen LogP contribution in [0.15, 0.2) is 54.9 Å². The zero-order valence-corrected chi connectivity index (χ0v) is 24.1. The van der Waals surface area contributed by atoms with Gasteiger partial charge >= 0.3 is 12.3 Å². The van der Waals surface area contributed by atoms with E-state index in [0.29, 0.717) is 28.0 Å². The van der Waals surface area contributed by atoms with E-state index in [2.05, 4.69) is 30.3 Å². The average molecular weight is 633 g/mol. The molecule has 3 N–H and O–H groups in total. The highest BCUT2D eigenvalue weighted by molar-refractivity contribution is 5.99. The molecule has 1 saturated heterocycles. The minimum Gasteiger partial charge on any atom is -0.465 e. The third-order valence-corrected chi connectivity index (χ3v) is 7.32. The van der Waals surface area contributed by atoms with Crippen LogP contribution >= 0.6 is 0 Å². The molecule has 2 aromatic heterocycles. The second kappa shape index (κ2) is 13.1. The van der Waals surface area contributed by atoms with Crippen LogP contribution in [-0.2, 0) is 4.74 Å². The Kier molecular flexibility index (Phi) is 9.18. The van der Waals surface area contributed by atoms with Crippen molar-refractivity contribution < 1.29 is 41.3 Å². The second-order valence-corrected chi connectivity index (χ2v) is 10.5. The van der Waals surface area contributed by atoms with Crippen LogP contribution in [0.25, 0.3) is 22.0 Å². The van der Waals surface area contributed by atoms with Gasteiger partial charge in [-0.1, -0.05) is 12.1 Å². The first kappa shape index (κ1) is 31.6. The monoisotopic (exact) mass is 632 g/mol. The maximum absolute atomic E-state index is 14.9. The molecule has 2 aromatic carbocycles. The first-order valence-corrected chi connectivity index (χ1v) is 13.8. The van der Waals surface area contributed by atoms with Crippen LogP contribution in [0.4, 0.5) is 38.4 Å². The lowest BCUT2D eigenvalue weighted by Gasteiger charge is -2.33. The third kappa shape index (κ3) is 7.14. The van der Waals surface area contributed by atoms with Gasteiger partial charge in [0.15, 0.2) is 6.10 Å². The summed E-state index contributed by atoms with van der Waals surface area (Å²) in [4.78, 5) is 25.5. The lowest BCUT2D eigenvalue weighted by molar-refractivity contribution is -0.207. The molecule has 238 valence electrons. The van der Waals surface area contributed by atoms with Crippen molar-refractivity contribution in [1.82, 2.24) is 19.9 Å². The molecular weight excluding hydrogens is 603 g/mol. The van der Waals surface area contributed by atoms with Crippen molar-refractivity contribution in [2.45, 2.75) is 37.8 Å². The van der Waals surface area contributed by atoms with Gasteiger partial charge in [0.1, 0.15) is 17.7 Å². The maximum Gasteiger partial charge on any atom is 0.416 e. The van der Waals surface area contributed by atoms with E-state index in [9.17, 15) is 31.9 Å². The number of ether oxygens (including phenoxy) is 2. The van der Waals surface area contributed by atoms with Gasteiger partial charge in [0.05, 0.1) is 30.0 Å². The van der Waals surface area contributed by atoms with E-state index in [1.54, 1.807) is 37.3 Å². The van der Waals surface area contributed by atoms with Crippen LogP contribution in [0.1, 0.15) is 12.0 Å². The number of amides is 1. The molecule has 3 atom stereocenters. The van der Waals surface area contributed by atoms with Crippen molar-refractivity contribution in [2.75, 3.05) is 37.4 Å². The number of fused-ring (bicyclic) bond motifs is 1. The third-order valence-electron chi connectivity index (χ3n) is 7.32. The molecule has 1 aliphatic heterocycles. The Labute approximate surface area is 254 Å². The van der Waals surface area contributed by atoms with Crippen molar-refractivity contribution in [3.63, 3.8) is 0 Å². The van der Waals surface area contributed by atoms with Crippen molar-refractivity contribution in [3.05, 3.63) is 66.2 Å². The quantitative estimate of drug-likeness (QED) is 0.179. The fourth-order valence-corrected chi connectivity index (χ4v) is 5.13. The van der Waals surface area contributed by atoms with E-state index in [4.69, 9.17) is 4.74 Å². The molecule has 0 radical (unpaired) electrons. The number of nitrogens with zero attached hydrogens (tertiary/aromatic N) is 4. The number of rotatable bonds is 9. The fraction of sp³-hybridized carbons (Fsp3) is 0.333. The first-order chi connectivity index (χ1) is 21.4. The summed E-state index contributed by atoms with van der Waals surface area (Å²) in [6.07, 6.45) is -6.30. The Bertz CT molecular complexity index is 1690. The van der Waals surface area contributed by atoms with Gasteiger partial charge in [-0.2, -0.15) is 13.2 Å². The van der Waals surface area contributed by atoms with Gasteiger partial charge in [-0.3, -0.25) is 0 Å². The number of likely N-dealkylation sites (tertiary alicyclic amines) is 1. The number of methoxy groups -OCH3 is 1. The first-order valence-electron chi connectivity index (χ1n) is 13.8. The SMILES string of the molecule is CO[C@@H](CNc1c(F)ccc2c(Oc3ncccc3-c3ccnc(NC4CC(F)CN(C(=O)O)C4)n3)c(C)ccc12)C(F)(F)F. The lowest BCUT2D eigenvalue weighted by Crippen LogP contribution is -2.49. The lowest BCUT2D eigenvalue weighted by atomic mass is 10.0. The van der Waals surface area contributed by atoms with Crippen LogP contribution in [0.5, 0.6) is 11.6 Å². The Balaban J connectivity index is 1.44. The number of carboxylic acid groups (broad SMARTS) is 1. The van der Waals surface area contributed by atoms with Gasteiger partial charge in [-0.25, -0.2) is 28.5 Å². The van der Waals surface area contributed by atoms with Gasteiger partial charge < -0.3 is 30.1 Å². The van der Waals surface area contributed by atoms with Crippen LogP contribution < -0.4 is 15.4 Å². The van der Waals surface area contributed by atoms with Crippen LogP contribution in [0.3, 0.4) is 0 Å². The number of aryl methyl sites for hydroxylation is 1. The molecule has 5 rings (SSSR count). The predicted molar refractivity (Wildman–Crippen MR) is 156 cm³/mol. The minimum atomic E-state index is -4.65. The minimum absolute atomic E-state index is 0.0602. The summed E-state index contributed by atoms with van der Waals surface area (Å²) in [5, 5.41) is 15.5. The summed E-state index contributed by atoms with van der Waals surface area (Å²) in [6.45, 7) is 0.901. The largest absolute Gasteiger partial charge is 0.465 e. The summed E-state index contributed by atoms with van der Waals surface area (Å²) < 4.78 is 79.6. The molecule has 0 bridgehead atoms. The number of nitrogens with one attached hydrogen (secondary N) is 2. The van der Waals surface area contributed by atoms with Crippen molar-refractivity contribution in [2.24, 2.45) is 0 Å². The summed E-state index contributed by atoms with van der Waals surface area (Å²) in [6, 6.07) is 10.3. The number of aromatic nitrogens is 3. The maximum atomic E-state index is 14.9. The van der Waals surface area contributed by atoms with Gasteiger partial charge in [-0.05, 0) is 42.8 Å². The molecule has 15 heteroatoms. The molecular formula is C30H29F5N6O4. The van der Waals surface area contributed by atoms with Gasteiger partial charge in [0.25, 0.3) is 0 Å². The molecule has 0 aliphatic carbocycles. The summed E-state index contributed by atoms with van der Waals surface area (Å²) in [7, 11) is 0.929. The molecule has 4 aromatic rings. The number of hydrogen-bond acceptors (Lipinski definition) is 8. The molecule has 3 heterocycles. The number of alkyl halides is 4. The number of anilines is 2. The number of halogens is 5. The highest BCUT2D eigenvalue weighted by Crippen LogP contribution is 2.39.